The zero-order valence-electron chi connectivity index (χ0n) is 11.1. The minimum Gasteiger partial charge on any atom is -0.389 e. The van der Waals surface area contributed by atoms with Crippen LogP contribution in [-0.4, -0.2) is 30.8 Å². The first kappa shape index (κ1) is 14.6. The minimum atomic E-state index is 0.275. The van der Waals surface area contributed by atoms with Gasteiger partial charge in [0.1, 0.15) is 4.99 Å². The van der Waals surface area contributed by atoms with Gasteiger partial charge >= 0.3 is 0 Å². The first-order chi connectivity index (χ1) is 9.11. The standard InChI is InChI=1S/C14H19ClN2OS/c1-2-18-11-4-3-7-17(9-11)13-8-10(15)5-6-12(13)14(16)19/h5-6,8,11H,2-4,7,9H2,1H3,(H2,16,19). The van der Waals surface area contributed by atoms with Crippen molar-refractivity contribution in [3.05, 3.63) is 28.8 Å². The molecule has 1 aliphatic rings. The Labute approximate surface area is 124 Å². The molecule has 1 aromatic rings. The molecule has 0 aromatic heterocycles. The molecule has 19 heavy (non-hydrogen) atoms. The van der Waals surface area contributed by atoms with Gasteiger partial charge in [0.2, 0.25) is 0 Å². The van der Waals surface area contributed by atoms with E-state index in [1.807, 2.05) is 25.1 Å². The van der Waals surface area contributed by atoms with Crippen LogP contribution in [0.3, 0.4) is 0 Å². The summed E-state index contributed by atoms with van der Waals surface area (Å²) in [7, 11) is 0. The Morgan fingerprint density at radius 2 is 2.37 bits per heavy atom. The summed E-state index contributed by atoms with van der Waals surface area (Å²) in [5, 5.41) is 0.702. The zero-order chi connectivity index (χ0) is 13.8. The second kappa shape index (κ2) is 6.55. The largest absolute Gasteiger partial charge is 0.389 e. The summed E-state index contributed by atoms with van der Waals surface area (Å²) in [4.78, 5) is 2.68. The maximum Gasteiger partial charge on any atom is 0.106 e. The van der Waals surface area contributed by atoms with Crippen molar-refractivity contribution in [2.75, 3.05) is 24.6 Å². The van der Waals surface area contributed by atoms with Crippen LogP contribution in [0.15, 0.2) is 18.2 Å². The molecule has 0 bridgehead atoms. The van der Waals surface area contributed by atoms with Gasteiger partial charge in [-0.2, -0.15) is 0 Å². The average Bonchev–Trinajstić information content (AvgIpc) is 2.39. The van der Waals surface area contributed by atoms with Crippen LogP contribution in [-0.2, 0) is 4.74 Å². The normalized spacial score (nSPS) is 19.5. The third-order valence-electron chi connectivity index (χ3n) is 3.35. The van der Waals surface area contributed by atoms with Crippen LogP contribution in [0.1, 0.15) is 25.3 Å². The highest BCUT2D eigenvalue weighted by atomic mass is 35.5. The average molecular weight is 299 g/mol. The second-order valence-corrected chi connectivity index (χ2v) is 5.57. The Balaban J connectivity index is 2.24. The van der Waals surface area contributed by atoms with Crippen molar-refractivity contribution in [1.29, 1.82) is 0 Å². The quantitative estimate of drug-likeness (QED) is 0.867. The Kier molecular flexibility index (Phi) is 5.02. The molecule has 1 heterocycles. The van der Waals surface area contributed by atoms with E-state index in [2.05, 4.69) is 4.90 Å². The topological polar surface area (TPSA) is 38.5 Å². The Morgan fingerprint density at radius 1 is 1.58 bits per heavy atom. The molecule has 3 nitrogen and oxygen atoms in total. The van der Waals surface area contributed by atoms with Crippen molar-refractivity contribution in [2.45, 2.75) is 25.9 Å². The summed E-state index contributed by atoms with van der Waals surface area (Å²) in [5.41, 5.74) is 7.70. The van der Waals surface area contributed by atoms with Crippen molar-refractivity contribution < 1.29 is 4.74 Å². The van der Waals surface area contributed by atoms with Crippen LogP contribution in [0.5, 0.6) is 0 Å². The molecule has 0 radical (unpaired) electrons. The molecule has 1 aromatic carbocycles. The van der Waals surface area contributed by atoms with E-state index in [0.29, 0.717) is 10.0 Å². The lowest BCUT2D eigenvalue weighted by Crippen LogP contribution is -2.40. The van der Waals surface area contributed by atoms with Crippen LogP contribution < -0.4 is 10.6 Å². The summed E-state index contributed by atoms with van der Waals surface area (Å²) in [6, 6.07) is 5.65. The fourth-order valence-electron chi connectivity index (χ4n) is 2.50. The van der Waals surface area contributed by atoms with Gasteiger partial charge in [-0.25, -0.2) is 0 Å². The summed E-state index contributed by atoms with van der Waals surface area (Å²) < 4.78 is 5.73. The number of nitrogens with two attached hydrogens (primary N) is 1. The van der Waals surface area contributed by atoms with Crippen molar-refractivity contribution in [1.82, 2.24) is 0 Å². The van der Waals surface area contributed by atoms with Crippen LogP contribution in [0.25, 0.3) is 0 Å². The number of halogens is 1. The van der Waals surface area contributed by atoms with E-state index in [-0.39, 0.29) is 6.10 Å². The highest BCUT2D eigenvalue weighted by molar-refractivity contribution is 7.80. The Bertz CT molecular complexity index is 465. The maximum atomic E-state index is 6.10. The van der Waals surface area contributed by atoms with Gasteiger partial charge in [-0.1, -0.05) is 23.8 Å². The van der Waals surface area contributed by atoms with Crippen molar-refractivity contribution in [3.8, 4) is 0 Å². The number of hydrogen-bond acceptors (Lipinski definition) is 3. The van der Waals surface area contributed by atoms with Gasteiger partial charge in [0, 0.05) is 36.0 Å². The van der Waals surface area contributed by atoms with E-state index in [1.54, 1.807) is 0 Å². The summed E-state index contributed by atoms with van der Waals surface area (Å²) in [5.74, 6) is 0. The van der Waals surface area contributed by atoms with E-state index in [0.717, 1.165) is 43.8 Å². The molecular formula is C14H19ClN2OS. The van der Waals surface area contributed by atoms with Crippen molar-refractivity contribution in [3.63, 3.8) is 0 Å². The molecular weight excluding hydrogens is 280 g/mol. The molecule has 1 fully saturated rings. The highest BCUT2D eigenvalue weighted by Crippen LogP contribution is 2.28. The third-order valence-corrected chi connectivity index (χ3v) is 3.80. The number of benzene rings is 1. The molecule has 0 aliphatic carbocycles. The summed E-state index contributed by atoms with van der Waals surface area (Å²) in [6.07, 6.45) is 2.48. The smallest absolute Gasteiger partial charge is 0.106 e. The molecule has 1 atom stereocenters. The molecule has 1 unspecified atom stereocenters. The fraction of sp³-hybridized carbons (Fsp3) is 0.500. The third kappa shape index (κ3) is 3.59. The maximum absolute atomic E-state index is 6.10. The lowest BCUT2D eigenvalue weighted by molar-refractivity contribution is 0.0526. The molecule has 1 aliphatic heterocycles. The van der Waals surface area contributed by atoms with E-state index in [9.17, 15) is 0 Å². The van der Waals surface area contributed by atoms with E-state index < -0.39 is 0 Å². The monoisotopic (exact) mass is 298 g/mol. The van der Waals surface area contributed by atoms with Crippen LogP contribution in [0.4, 0.5) is 5.69 Å². The molecule has 2 rings (SSSR count). The predicted octanol–water partition coefficient (Wildman–Crippen LogP) is 2.98. The number of piperidine rings is 1. The van der Waals surface area contributed by atoms with Crippen molar-refractivity contribution >= 4 is 34.5 Å². The highest BCUT2D eigenvalue weighted by Gasteiger charge is 2.22. The summed E-state index contributed by atoms with van der Waals surface area (Å²) in [6.45, 7) is 4.62. The number of anilines is 1. The zero-order valence-corrected chi connectivity index (χ0v) is 12.6. The number of nitrogens with zero attached hydrogens (tertiary/aromatic N) is 1. The van der Waals surface area contributed by atoms with Crippen LogP contribution in [0.2, 0.25) is 5.02 Å². The van der Waals surface area contributed by atoms with Gasteiger partial charge in [-0.3, -0.25) is 0 Å². The predicted molar refractivity (Wildman–Crippen MR) is 84.2 cm³/mol. The first-order valence-corrected chi connectivity index (χ1v) is 7.36. The van der Waals surface area contributed by atoms with Gasteiger partial charge in [0.05, 0.1) is 6.10 Å². The molecule has 2 N–H and O–H groups in total. The van der Waals surface area contributed by atoms with E-state index in [4.69, 9.17) is 34.3 Å². The van der Waals surface area contributed by atoms with Crippen molar-refractivity contribution in [2.24, 2.45) is 5.73 Å². The van der Waals surface area contributed by atoms with Gasteiger partial charge in [-0.15, -0.1) is 0 Å². The van der Waals surface area contributed by atoms with Gasteiger partial charge < -0.3 is 15.4 Å². The Morgan fingerprint density at radius 3 is 3.05 bits per heavy atom. The lowest BCUT2D eigenvalue weighted by atomic mass is 10.0. The number of rotatable bonds is 4. The minimum absolute atomic E-state index is 0.275. The fourth-order valence-corrected chi connectivity index (χ4v) is 2.84. The van der Waals surface area contributed by atoms with Crippen LogP contribution in [0, 0.1) is 0 Å². The molecule has 1 saturated heterocycles. The van der Waals surface area contributed by atoms with E-state index >= 15 is 0 Å². The number of ether oxygens (including phenoxy) is 1. The molecule has 104 valence electrons. The Hall–Kier alpha value is -0.840. The SMILES string of the molecule is CCOC1CCCN(c2cc(Cl)ccc2C(N)=S)C1. The van der Waals surface area contributed by atoms with Gasteiger partial charge in [-0.05, 0) is 38.0 Å². The second-order valence-electron chi connectivity index (χ2n) is 4.69. The molecule has 0 saturated carbocycles. The number of thiocarbonyl (C=S) groups is 1. The van der Waals surface area contributed by atoms with Gasteiger partial charge in [0.25, 0.3) is 0 Å². The molecule has 0 spiro atoms. The lowest BCUT2D eigenvalue weighted by Gasteiger charge is -2.35. The number of hydrogen-bond donors (Lipinski definition) is 1. The molecule has 0 amide bonds. The van der Waals surface area contributed by atoms with Crippen LogP contribution >= 0.6 is 23.8 Å². The molecule has 5 heteroatoms. The summed E-state index contributed by atoms with van der Waals surface area (Å²) >= 11 is 11.2. The van der Waals surface area contributed by atoms with Gasteiger partial charge in [0.15, 0.2) is 0 Å². The first-order valence-electron chi connectivity index (χ1n) is 6.57. The van der Waals surface area contributed by atoms with E-state index in [1.165, 1.54) is 0 Å².